The molecule has 1 aromatic rings. The number of amidine groups is 1. The summed E-state index contributed by atoms with van der Waals surface area (Å²) in [7, 11) is 0. The lowest BCUT2D eigenvalue weighted by Crippen LogP contribution is -2.29. The fourth-order valence-electron chi connectivity index (χ4n) is 3.23. The highest BCUT2D eigenvalue weighted by atomic mass is 16.1. The zero-order chi connectivity index (χ0) is 14.4. The molecule has 6 heteroatoms. The van der Waals surface area contributed by atoms with Crippen molar-refractivity contribution in [3.63, 3.8) is 0 Å². The van der Waals surface area contributed by atoms with Crippen molar-refractivity contribution in [3.05, 3.63) is 40.1 Å². The van der Waals surface area contributed by atoms with Gasteiger partial charge in [0.05, 0.1) is 11.6 Å². The van der Waals surface area contributed by atoms with E-state index in [9.17, 15) is 4.79 Å². The number of piperidine rings is 1. The van der Waals surface area contributed by atoms with Crippen molar-refractivity contribution < 1.29 is 0 Å². The average Bonchev–Trinajstić information content (AvgIpc) is 2.84. The third kappa shape index (κ3) is 2.06. The van der Waals surface area contributed by atoms with Gasteiger partial charge in [-0.15, -0.1) is 0 Å². The monoisotopic (exact) mass is 283 g/mol. The molecule has 3 aliphatic rings. The Morgan fingerprint density at radius 3 is 2.95 bits per heavy atom. The normalized spacial score (nSPS) is 24.3. The molecule has 4 heterocycles. The van der Waals surface area contributed by atoms with Crippen LogP contribution in [0.25, 0.3) is 0 Å². The SMILES string of the molecule is CC1=NC2=Nn3c(C4CCNCC4)cc(=O)nc3C2C=C1. The van der Waals surface area contributed by atoms with Gasteiger partial charge in [-0.1, -0.05) is 6.08 Å². The zero-order valence-corrected chi connectivity index (χ0v) is 11.9. The van der Waals surface area contributed by atoms with E-state index in [1.54, 1.807) is 6.07 Å². The second-order valence-electron chi connectivity index (χ2n) is 5.76. The summed E-state index contributed by atoms with van der Waals surface area (Å²) in [6, 6.07) is 1.64. The van der Waals surface area contributed by atoms with E-state index >= 15 is 0 Å². The van der Waals surface area contributed by atoms with Gasteiger partial charge < -0.3 is 5.32 Å². The van der Waals surface area contributed by atoms with Crippen LogP contribution in [0.1, 0.15) is 43.1 Å². The first-order chi connectivity index (χ1) is 10.2. The molecule has 1 unspecified atom stereocenters. The Kier molecular flexibility index (Phi) is 2.85. The van der Waals surface area contributed by atoms with Crippen LogP contribution < -0.4 is 10.9 Å². The van der Waals surface area contributed by atoms with Gasteiger partial charge in [0.15, 0.2) is 5.84 Å². The molecule has 21 heavy (non-hydrogen) atoms. The van der Waals surface area contributed by atoms with Gasteiger partial charge in [0.2, 0.25) is 0 Å². The van der Waals surface area contributed by atoms with Crippen molar-refractivity contribution in [1.29, 1.82) is 0 Å². The van der Waals surface area contributed by atoms with E-state index in [4.69, 9.17) is 0 Å². The van der Waals surface area contributed by atoms with E-state index in [-0.39, 0.29) is 11.5 Å². The summed E-state index contributed by atoms with van der Waals surface area (Å²) >= 11 is 0. The first kappa shape index (κ1) is 12.6. The van der Waals surface area contributed by atoms with Gasteiger partial charge in [-0.25, -0.2) is 9.67 Å². The van der Waals surface area contributed by atoms with Crippen LogP contribution in [0.5, 0.6) is 0 Å². The number of aliphatic imine (C=N–C) groups is 1. The van der Waals surface area contributed by atoms with Crippen molar-refractivity contribution in [2.45, 2.75) is 31.6 Å². The van der Waals surface area contributed by atoms with Crippen molar-refractivity contribution in [2.24, 2.45) is 10.1 Å². The van der Waals surface area contributed by atoms with Gasteiger partial charge in [0.1, 0.15) is 5.82 Å². The van der Waals surface area contributed by atoms with Crippen LogP contribution in [0.15, 0.2) is 33.1 Å². The molecule has 1 atom stereocenters. The number of rotatable bonds is 1. The van der Waals surface area contributed by atoms with Gasteiger partial charge in [0, 0.05) is 17.7 Å². The van der Waals surface area contributed by atoms with E-state index < -0.39 is 0 Å². The second-order valence-corrected chi connectivity index (χ2v) is 5.76. The van der Waals surface area contributed by atoms with E-state index in [1.165, 1.54) is 0 Å². The van der Waals surface area contributed by atoms with Crippen molar-refractivity contribution in [1.82, 2.24) is 15.0 Å². The molecule has 4 rings (SSSR count). The summed E-state index contributed by atoms with van der Waals surface area (Å²) in [5, 5.41) is 7.96. The quantitative estimate of drug-likeness (QED) is 0.835. The van der Waals surface area contributed by atoms with Gasteiger partial charge >= 0.3 is 0 Å². The highest BCUT2D eigenvalue weighted by Gasteiger charge is 2.32. The molecule has 1 N–H and O–H groups in total. The van der Waals surface area contributed by atoms with Crippen LogP contribution >= 0.6 is 0 Å². The highest BCUT2D eigenvalue weighted by molar-refractivity contribution is 6.08. The maximum Gasteiger partial charge on any atom is 0.273 e. The van der Waals surface area contributed by atoms with E-state index in [1.807, 2.05) is 23.8 Å². The molecule has 108 valence electrons. The van der Waals surface area contributed by atoms with Gasteiger partial charge in [0.25, 0.3) is 5.56 Å². The minimum Gasteiger partial charge on any atom is -0.317 e. The molecule has 1 fully saturated rings. The molecule has 0 aromatic carbocycles. The number of fused-ring (bicyclic) bond motifs is 3. The minimum absolute atomic E-state index is 0.0805. The standard InChI is InChI=1S/C15H17N5O/c1-9-2-3-11-14(17-9)19-20-12(8-13(21)18-15(11)20)10-4-6-16-7-5-10/h2-3,8,10-11,16H,4-7H2,1H3. The third-order valence-electron chi connectivity index (χ3n) is 4.29. The molecule has 0 amide bonds. The smallest absolute Gasteiger partial charge is 0.273 e. The Labute approximate surface area is 122 Å². The second kappa shape index (κ2) is 4.73. The average molecular weight is 283 g/mol. The lowest BCUT2D eigenvalue weighted by molar-refractivity contribution is 0.439. The molecular weight excluding hydrogens is 266 g/mol. The van der Waals surface area contributed by atoms with E-state index in [2.05, 4.69) is 20.4 Å². The highest BCUT2D eigenvalue weighted by Crippen LogP contribution is 2.32. The fraction of sp³-hybridized carbons (Fsp3) is 0.467. The lowest BCUT2D eigenvalue weighted by Gasteiger charge is -2.24. The molecule has 0 aliphatic carbocycles. The summed E-state index contributed by atoms with van der Waals surface area (Å²) in [5.74, 6) is 1.73. The molecule has 1 saturated heterocycles. The molecule has 0 radical (unpaired) electrons. The molecule has 0 spiro atoms. The maximum atomic E-state index is 12.0. The molecule has 3 aliphatic heterocycles. The van der Waals surface area contributed by atoms with Gasteiger partial charge in [-0.2, -0.15) is 10.1 Å². The number of hydrogen-bond acceptors (Lipinski definition) is 5. The van der Waals surface area contributed by atoms with Crippen LogP contribution in [-0.4, -0.2) is 34.3 Å². The van der Waals surface area contributed by atoms with Crippen molar-refractivity contribution in [2.75, 3.05) is 13.1 Å². The summed E-state index contributed by atoms with van der Waals surface area (Å²) in [4.78, 5) is 20.6. The predicted octanol–water partition coefficient (Wildman–Crippen LogP) is 1.000. The van der Waals surface area contributed by atoms with Gasteiger partial charge in [-0.05, 0) is 38.9 Å². The van der Waals surface area contributed by atoms with Crippen LogP contribution in [0, 0.1) is 0 Å². The largest absolute Gasteiger partial charge is 0.317 e. The van der Waals surface area contributed by atoms with Crippen molar-refractivity contribution >= 4 is 11.5 Å². The first-order valence-corrected chi connectivity index (χ1v) is 7.39. The Balaban J connectivity index is 1.84. The number of nitrogens with zero attached hydrogens (tertiary/aromatic N) is 4. The Morgan fingerprint density at radius 2 is 2.14 bits per heavy atom. The molecule has 0 saturated carbocycles. The van der Waals surface area contributed by atoms with Crippen LogP contribution in [0.3, 0.4) is 0 Å². The first-order valence-electron chi connectivity index (χ1n) is 7.39. The van der Waals surface area contributed by atoms with E-state index in [0.717, 1.165) is 43.2 Å². The summed E-state index contributed by atoms with van der Waals surface area (Å²) in [5.41, 5.74) is 1.74. The summed E-state index contributed by atoms with van der Waals surface area (Å²) in [6.45, 7) is 3.91. The molecule has 6 nitrogen and oxygen atoms in total. The van der Waals surface area contributed by atoms with Gasteiger partial charge in [-0.3, -0.25) is 4.79 Å². The summed E-state index contributed by atoms with van der Waals surface area (Å²) in [6.07, 6.45) is 6.04. The maximum absolute atomic E-state index is 12.0. The Hall–Kier alpha value is -2.08. The van der Waals surface area contributed by atoms with Crippen LogP contribution in [0.4, 0.5) is 0 Å². The van der Waals surface area contributed by atoms with E-state index in [0.29, 0.717) is 11.7 Å². The minimum atomic E-state index is -0.175. The number of allylic oxidation sites excluding steroid dienone is 1. The molecular formula is C15H17N5O. The Bertz CT molecular complexity index is 737. The Morgan fingerprint density at radius 1 is 1.33 bits per heavy atom. The lowest BCUT2D eigenvalue weighted by atomic mass is 9.94. The number of dihydropyridines is 1. The predicted molar refractivity (Wildman–Crippen MR) is 81.2 cm³/mol. The van der Waals surface area contributed by atoms with Crippen LogP contribution in [-0.2, 0) is 0 Å². The zero-order valence-electron chi connectivity index (χ0n) is 11.9. The van der Waals surface area contributed by atoms with Crippen molar-refractivity contribution in [3.8, 4) is 0 Å². The topological polar surface area (TPSA) is 71.6 Å². The number of aromatic nitrogens is 2. The molecule has 1 aromatic heterocycles. The molecule has 0 bridgehead atoms. The summed E-state index contributed by atoms with van der Waals surface area (Å²) < 4.78 is 1.85. The third-order valence-corrected chi connectivity index (χ3v) is 4.29. The fourth-order valence-corrected chi connectivity index (χ4v) is 3.23. The van der Waals surface area contributed by atoms with Crippen LogP contribution in [0.2, 0.25) is 0 Å². The number of hydrogen-bond donors (Lipinski definition) is 1. The number of nitrogens with one attached hydrogen (secondary N) is 1.